The molecule has 0 amide bonds. The minimum atomic E-state index is -4.69. The van der Waals surface area contributed by atoms with Gasteiger partial charge >= 0.3 is 24.5 Å². The second-order valence-corrected chi connectivity index (χ2v) is 7.79. The Balaban J connectivity index is 1.77. The molecule has 3 rings (SSSR count). The summed E-state index contributed by atoms with van der Waals surface area (Å²) in [6.45, 7) is 0. The summed E-state index contributed by atoms with van der Waals surface area (Å²) in [7, 11) is 0. The zero-order chi connectivity index (χ0) is 27.2. The maximum Gasteiger partial charge on any atom is 0.461 e. The average Bonchev–Trinajstić information content (AvgIpc) is 2.83. The van der Waals surface area contributed by atoms with E-state index >= 15 is 0 Å². The molecule has 11 heteroatoms. The second kappa shape index (κ2) is 11.5. The van der Waals surface area contributed by atoms with E-state index in [4.69, 9.17) is 16.2 Å². The van der Waals surface area contributed by atoms with E-state index in [9.17, 15) is 32.3 Å². The average molecular weight is 518 g/mol. The Kier molecular flexibility index (Phi) is 8.38. The number of hydrogen-bond donors (Lipinski definition) is 3. The van der Waals surface area contributed by atoms with Crippen LogP contribution in [-0.2, 0) is 11.2 Å². The summed E-state index contributed by atoms with van der Waals surface area (Å²) < 4.78 is 60.0. The summed E-state index contributed by atoms with van der Waals surface area (Å²) >= 11 is 0. The van der Waals surface area contributed by atoms with Gasteiger partial charge in [0.2, 0.25) is 0 Å². The van der Waals surface area contributed by atoms with Gasteiger partial charge < -0.3 is 26.0 Å². The standard InChI is InChI=1S/C26H22F4N2O5/c27-25(28)26(29,30)37-18-12-9-16(10-13-18)24(35)36-22-7-2-1-5-19(22)20(23(33)34)6-3-4-15-8-11-17(31)14-21(15)32/h1-2,5-14,25H,3-4,31-32H2,(H,33,34)/b20-6+. The van der Waals surface area contributed by atoms with Crippen LogP contribution in [0.2, 0.25) is 0 Å². The van der Waals surface area contributed by atoms with Gasteiger partial charge in [0.25, 0.3) is 0 Å². The fourth-order valence-electron chi connectivity index (χ4n) is 3.32. The lowest BCUT2D eigenvalue weighted by Gasteiger charge is -2.16. The van der Waals surface area contributed by atoms with Crippen molar-refractivity contribution in [2.75, 3.05) is 11.5 Å². The predicted octanol–water partition coefficient (Wildman–Crippen LogP) is 5.41. The van der Waals surface area contributed by atoms with Crippen LogP contribution in [0.5, 0.6) is 11.5 Å². The summed E-state index contributed by atoms with van der Waals surface area (Å²) in [6.07, 6.45) is -6.51. The zero-order valence-electron chi connectivity index (χ0n) is 19.2. The maximum atomic E-state index is 13.1. The maximum absolute atomic E-state index is 13.1. The van der Waals surface area contributed by atoms with Crippen LogP contribution in [0.25, 0.3) is 5.57 Å². The molecule has 7 nitrogen and oxygen atoms in total. The quantitative estimate of drug-likeness (QED) is 0.108. The topological polar surface area (TPSA) is 125 Å². The summed E-state index contributed by atoms with van der Waals surface area (Å²) in [5, 5.41) is 9.77. The minimum absolute atomic E-state index is 0.0577. The molecule has 0 fully saturated rings. The SMILES string of the molecule is Nc1ccc(CC/C=C(/C(=O)O)c2ccccc2OC(=O)c2ccc(OC(F)(F)C(F)F)cc2)c(N)c1. The highest BCUT2D eigenvalue weighted by Crippen LogP contribution is 2.30. The molecule has 3 aromatic carbocycles. The van der Waals surface area contributed by atoms with E-state index in [1.807, 2.05) is 0 Å². The van der Waals surface area contributed by atoms with Gasteiger partial charge in [-0.2, -0.15) is 17.6 Å². The van der Waals surface area contributed by atoms with E-state index < -0.39 is 30.2 Å². The van der Waals surface area contributed by atoms with Crippen molar-refractivity contribution in [2.45, 2.75) is 25.4 Å². The number of ether oxygens (including phenoxy) is 2. The van der Waals surface area contributed by atoms with Gasteiger partial charge in [-0.05, 0) is 60.9 Å². The molecule has 0 aliphatic heterocycles. The lowest BCUT2D eigenvalue weighted by molar-refractivity contribution is -0.253. The molecule has 5 N–H and O–H groups in total. The van der Waals surface area contributed by atoms with Crippen LogP contribution in [0.4, 0.5) is 28.9 Å². The Labute approximate surface area is 208 Å². The minimum Gasteiger partial charge on any atom is -0.478 e. The third kappa shape index (κ3) is 7.00. The first-order valence-electron chi connectivity index (χ1n) is 10.8. The first kappa shape index (κ1) is 27.1. The molecule has 0 atom stereocenters. The molecule has 0 bridgehead atoms. The number of aliphatic carboxylic acids is 1. The van der Waals surface area contributed by atoms with Crippen molar-refractivity contribution >= 4 is 28.9 Å². The van der Waals surface area contributed by atoms with Gasteiger partial charge in [0.05, 0.1) is 11.1 Å². The van der Waals surface area contributed by atoms with E-state index in [-0.39, 0.29) is 22.4 Å². The molecule has 0 saturated heterocycles. The Bertz CT molecular complexity index is 1310. The number of esters is 1. The Hall–Kier alpha value is -4.54. The number of hydrogen-bond acceptors (Lipinski definition) is 6. The number of rotatable bonds is 10. The first-order chi connectivity index (χ1) is 17.5. The highest BCUT2D eigenvalue weighted by Gasteiger charge is 2.43. The number of anilines is 2. The van der Waals surface area contributed by atoms with Crippen molar-refractivity contribution in [3.63, 3.8) is 0 Å². The van der Waals surface area contributed by atoms with Crippen molar-refractivity contribution in [1.82, 2.24) is 0 Å². The third-order valence-corrected chi connectivity index (χ3v) is 5.14. The zero-order valence-corrected chi connectivity index (χ0v) is 19.2. The molecular weight excluding hydrogens is 496 g/mol. The number of carboxylic acid groups (broad SMARTS) is 1. The van der Waals surface area contributed by atoms with Crippen molar-refractivity contribution in [1.29, 1.82) is 0 Å². The van der Waals surface area contributed by atoms with Gasteiger partial charge in [-0.3, -0.25) is 0 Å². The number of alkyl halides is 4. The van der Waals surface area contributed by atoms with Crippen LogP contribution in [0, 0.1) is 0 Å². The highest BCUT2D eigenvalue weighted by molar-refractivity contribution is 6.16. The first-order valence-corrected chi connectivity index (χ1v) is 10.8. The molecule has 0 radical (unpaired) electrons. The molecule has 0 saturated carbocycles. The Morgan fingerprint density at radius 2 is 1.68 bits per heavy atom. The van der Waals surface area contributed by atoms with Gasteiger partial charge in [-0.15, -0.1) is 0 Å². The number of para-hydroxylation sites is 1. The molecule has 0 unspecified atom stereocenters. The van der Waals surface area contributed by atoms with Crippen molar-refractivity contribution in [3.05, 3.63) is 89.5 Å². The van der Waals surface area contributed by atoms with Crippen molar-refractivity contribution in [3.8, 4) is 11.5 Å². The normalized spacial score (nSPS) is 11.9. The van der Waals surface area contributed by atoms with Crippen LogP contribution >= 0.6 is 0 Å². The highest BCUT2D eigenvalue weighted by atomic mass is 19.3. The predicted molar refractivity (Wildman–Crippen MR) is 129 cm³/mol. The molecule has 0 aromatic heterocycles. The number of aryl methyl sites for hydroxylation is 1. The fraction of sp³-hybridized carbons (Fsp3) is 0.154. The fourth-order valence-corrected chi connectivity index (χ4v) is 3.32. The molecule has 0 spiro atoms. The summed E-state index contributed by atoms with van der Waals surface area (Å²) in [5.74, 6) is -2.83. The third-order valence-electron chi connectivity index (χ3n) is 5.14. The Morgan fingerprint density at radius 1 is 1.00 bits per heavy atom. The number of carboxylic acids is 1. The van der Waals surface area contributed by atoms with E-state index in [1.54, 1.807) is 24.3 Å². The molecule has 194 valence electrons. The Morgan fingerprint density at radius 3 is 2.30 bits per heavy atom. The number of nitrogens with two attached hydrogens (primary N) is 2. The van der Waals surface area contributed by atoms with Crippen molar-refractivity contribution in [2.24, 2.45) is 0 Å². The number of halogens is 4. The lowest BCUT2D eigenvalue weighted by Crippen LogP contribution is -2.33. The van der Waals surface area contributed by atoms with E-state index in [0.29, 0.717) is 24.2 Å². The van der Waals surface area contributed by atoms with Gasteiger partial charge in [0.15, 0.2) is 0 Å². The van der Waals surface area contributed by atoms with Crippen molar-refractivity contribution < 1.29 is 41.7 Å². The number of carbonyl (C=O) groups is 2. The monoisotopic (exact) mass is 518 g/mol. The van der Waals surface area contributed by atoms with Gasteiger partial charge in [-0.25, -0.2) is 9.59 Å². The molecule has 37 heavy (non-hydrogen) atoms. The van der Waals surface area contributed by atoms with Crippen LogP contribution in [0.15, 0.2) is 72.8 Å². The van der Waals surface area contributed by atoms with Gasteiger partial charge in [0, 0.05) is 16.9 Å². The number of benzene rings is 3. The van der Waals surface area contributed by atoms with Crippen LogP contribution < -0.4 is 20.9 Å². The van der Waals surface area contributed by atoms with Crippen LogP contribution in [0.1, 0.15) is 27.9 Å². The molecule has 0 aliphatic carbocycles. The van der Waals surface area contributed by atoms with Crippen LogP contribution in [0.3, 0.4) is 0 Å². The number of allylic oxidation sites excluding steroid dienone is 1. The molecule has 0 heterocycles. The molecular formula is C26H22F4N2O5. The van der Waals surface area contributed by atoms with Gasteiger partial charge in [0.1, 0.15) is 11.5 Å². The largest absolute Gasteiger partial charge is 0.478 e. The second-order valence-electron chi connectivity index (χ2n) is 7.79. The molecule has 0 aliphatic rings. The van der Waals surface area contributed by atoms with E-state index in [2.05, 4.69) is 4.74 Å². The van der Waals surface area contributed by atoms with Gasteiger partial charge in [-0.1, -0.05) is 30.3 Å². The van der Waals surface area contributed by atoms with E-state index in [1.165, 1.54) is 24.3 Å². The van der Waals surface area contributed by atoms with Crippen LogP contribution in [-0.4, -0.2) is 29.6 Å². The summed E-state index contributed by atoms with van der Waals surface area (Å²) in [4.78, 5) is 24.6. The lowest BCUT2D eigenvalue weighted by atomic mass is 10.0. The summed E-state index contributed by atoms with van der Waals surface area (Å²) in [5.41, 5.74) is 13.3. The van der Waals surface area contributed by atoms with E-state index in [0.717, 1.165) is 29.8 Å². The number of carbonyl (C=O) groups excluding carboxylic acids is 1. The smallest absolute Gasteiger partial charge is 0.461 e. The summed E-state index contributed by atoms with van der Waals surface area (Å²) in [6, 6.07) is 14.9. The molecule has 3 aromatic rings. The number of nitrogen functional groups attached to an aromatic ring is 2.